The number of rotatable bonds is 6. The molecule has 166 valence electrons. The van der Waals surface area contributed by atoms with Crippen LogP contribution in [0.25, 0.3) is 22.3 Å². The number of phenolic OH excluding ortho intramolecular Hbond substituents is 2. The van der Waals surface area contributed by atoms with Gasteiger partial charge in [-0.15, -0.1) is 0 Å². The van der Waals surface area contributed by atoms with Gasteiger partial charge < -0.3 is 36.8 Å². The van der Waals surface area contributed by atoms with Crippen LogP contribution in [0.1, 0.15) is 0 Å². The van der Waals surface area contributed by atoms with E-state index in [-0.39, 0.29) is 70.4 Å². The van der Waals surface area contributed by atoms with Crippen LogP contribution in [0.4, 0.5) is 0 Å². The minimum atomic E-state index is -5.49. The van der Waals surface area contributed by atoms with E-state index in [1.165, 1.54) is 19.2 Å². The molecule has 0 radical (unpaired) electrons. The van der Waals surface area contributed by atoms with Gasteiger partial charge in [0.2, 0.25) is 11.2 Å². The molecule has 33 heavy (non-hydrogen) atoms. The van der Waals surface area contributed by atoms with Crippen molar-refractivity contribution in [3.8, 4) is 40.1 Å². The summed E-state index contributed by atoms with van der Waals surface area (Å²) in [4.78, 5) is 12.8. The van der Waals surface area contributed by atoms with Gasteiger partial charge in [0, 0.05) is 17.7 Å². The fourth-order valence-electron chi connectivity index (χ4n) is 2.62. The van der Waals surface area contributed by atoms with E-state index in [9.17, 15) is 40.9 Å². The first-order valence-corrected chi connectivity index (χ1v) is 10.5. The molecule has 1 heterocycles. The zero-order valence-corrected chi connectivity index (χ0v) is 22.7. The van der Waals surface area contributed by atoms with Crippen LogP contribution in [0.2, 0.25) is 0 Å². The number of hydrogen-bond donors (Lipinski definition) is 2. The Hall–Kier alpha value is -1.53. The molecule has 0 fully saturated rings. The van der Waals surface area contributed by atoms with E-state index in [1.807, 2.05) is 0 Å². The Kier molecular flexibility index (Phi) is 9.67. The van der Waals surface area contributed by atoms with Crippen molar-refractivity contribution in [3.63, 3.8) is 0 Å². The third kappa shape index (κ3) is 6.98. The molecule has 1 aromatic heterocycles. The molecule has 13 nitrogen and oxygen atoms in total. The maximum Gasteiger partial charge on any atom is 1.00 e. The summed E-state index contributed by atoms with van der Waals surface area (Å²) in [5.74, 6) is -3.99. The second-order valence-electron chi connectivity index (χ2n) is 5.77. The smallest absolute Gasteiger partial charge is 0.716 e. The Labute approximate surface area is 230 Å². The maximum atomic E-state index is 12.8. The van der Waals surface area contributed by atoms with E-state index in [1.54, 1.807) is 0 Å². The van der Waals surface area contributed by atoms with Crippen molar-refractivity contribution in [1.29, 1.82) is 0 Å². The first-order valence-electron chi connectivity index (χ1n) is 7.81. The predicted octanol–water partition coefficient (Wildman–Crippen LogP) is -5.43. The topological polar surface area (TPSA) is 213 Å². The Morgan fingerprint density at radius 2 is 1.52 bits per heavy atom. The van der Waals surface area contributed by atoms with E-state index in [0.717, 1.165) is 12.1 Å². The van der Waals surface area contributed by atoms with Crippen molar-refractivity contribution < 1.29 is 113 Å². The minimum Gasteiger partial charge on any atom is -0.716 e. The average Bonchev–Trinajstić information content (AvgIpc) is 2.61. The number of fused-ring (bicyclic) bond motifs is 1. The van der Waals surface area contributed by atoms with Crippen molar-refractivity contribution in [2.24, 2.45) is 0 Å². The van der Waals surface area contributed by atoms with Crippen LogP contribution in [-0.4, -0.2) is 43.3 Å². The third-order valence-electron chi connectivity index (χ3n) is 3.73. The monoisotopic (exact) mass is 520 g/mol. The van der Waals surface area contributed by atoms with Gasteiger partial charge in [-0.25, -0.2) is 16.8 Å². The van der Waals surface area contributed by atoms with Crippen molar-refractivity contribution in [1.82, 2.24) is 0 Å². The van der Waals surface area contributed by atoms with Gasteiger partial charge in [0.1, 0.15) is 22.5 Å². The van der Waals surface area contributed by atoms with Crippen LogP contribution < -0.4 is 77.6 Å². The summed E-state index contributed by atoms with van der Waals surface area (Å²) in [6.07, 6.45) is 0. The molecule has 0 aliphatic carbocycles. The van der Waals surface area contributed by atoms with Crippen molar-refractivity contribution in [2.45, 2.75) is 0 Å². The van der Waals surface area contributed by atoms with Crippen molar-refractivity contribution in [2.75, 3.05) is 7.11 Å². The molecule has 0 aliphatic heterocycles. The maximum absolute atomic E-state index is 12.8. The molecule has 0 atom stereocenters. The van der Waals surface area contributed by atoms with E-state index in [0.29, 0.717) is 6.07 Å². The quantitative estimate of drug-likeness (QED) is 0.177. The Morgan fingerprint density at radius 1 is 0.909 bits per heavy atom. The molecule has 0 bridgehead atoms. The summed E-state index contributed by atoms with van der Waals surface area (Å²) in [6.45, 7) is 0. The van der Waals surface area contributed by atoms with Gasteiger partial charge in [-0.2, -0.15) is 0 Å². The van der Waals surface area contributed by atoms with E-state index >= 15 is 0 Å². The largest absolute Gasteiger partial charge is 1.00 e. The van der Waals surface area contributed by atoms with Gasteiger partial charge >= 0.3 is 59.1 Å². The first kappa shape index (κ1) is 29.5. The van der Waals surface area contributed by atoms with Gasteiger partial charge in [0.15, 0.2) is 17.3 Å². The summed E-state index contributed by atoms with van der Waals surface area (Å²) >= 11 is 0. The van der Waals surface area contributed by atoms with Gasteiger partial charge in [0.05, 0.1) is 7.11 Å². The molecule has 0 aliphatic rings. The van der Waals surface area contributed by atoms with Crippen LogP contribution in [0.3, 0.4) is 0 Å². The molecule has 0 spiro atoms. The normalized spacial score (nSPS) is 11.2. The molecule has 0 saturated heterocycles. The Morgan fingerprint density at radius 3 is 2.03 bits per heavy atom. The molecule has 0 unspecified atom stereocenters. The summed E-state index contributed by atoms with van der Waals surface area (Å²) in [5.41, 5.74) is -2.07. The Balaban J connectivity index is 0.00000272. The SMILES string of the molecule is COc1ccc(-c2oc3cc(OS(=O)(=O)[O-])cc(O)c3c(=O)c2OS(=O)(=O)[O-])cc1O.[Na+].[Na+]. The summed E-state index contributed by atoms with van der Waals surface area (Å²) in [7, 11) is -9.50. The van der Waals surface area contributed by atoms with E-state index in [4.69, 9.17) is 9.15 Å². The predicted molar refractivity (Wildman–Crippen MR) is 98.5 cm³/mol. The van der Waals surface area contributed by atoms with Gasteiger partial charge in [-0.1, -0.05) is 0 Å². The number of ether oxygens (including phenoxy) is 1. The molecular formula is C16H10Na2O13S2. The fraction of sp³-hybridized carbons (Fsp3) is 0.0625. The van der Waals surface area contributed by atoms with Crippen LogP contribution in [-0.2, 0) is 20.8 Å². The number of methoxy groups -OCH3 is 1. The zero-order valence-electron chi connectivity index (χ0n) is 17.1. The van der Waals surface area contributed by atoms with Gasteiger partial charge in [-0.05, 0) is 18.2 Å². The second-order valence-corrected chi connectivity index (χ2v) is 7.74. The number of benzene rings is 2. The van der Waals surface area contributed by atoms with Crippen molar-refractivity contribution in [3.05, 3.63) is 40.6 Å². The molecule has 3 rings (SSSR count). The molecule has 2 N–H and O–H groups in total. The number of aromatic hydroxyl groups is 2. The Bertz CT molecular complexity index is 1460. The number of hydrogen-bond acceptors (Lipinski definition) is 13. The third-order valence-corrected chi connectivity index (χ3v) is 4.50. The summed E-state index contributed by atoms with van der Waals surface area (Å²) in [5, 5.41) is 19.3. The van der Waals surface area contributed by atoms with Gasteiger partial charge in [-0.3, -0.25) is 4.79 Å². The molecule has 17 heteroatoms. The number of phenols is 2. The zero-order chi connectivity index (χ0) is 23.1. The molecule has 3 aromatic rings. The summed E-state index contributed by atoms with van der Waals surface area (Å²) in [6, 6.07) is 4.72. The summed E-state index contributed by atoms with van der Waals surface area (Å²) < 4.78 is 84.3. The van der Waals surface area contributed by atoms with Crippen LogP contribution >= 0.6 is 0 Å². The first-order chi connectivity index (χ1) is 14.3. The average molecular weight is 520 g/mol. The second kappa shape index (κ2) is 10.8. The van der Waals surface area contributed by atoms with Crippen molar-refractivity contribution >= 4 is 31.8 Å². The molecule has 0 amide bonds. The van der Waals surface area contributed by atoms with Crippen LogP contribution in [0.15, 0.2) is 39.5 Å². The fourth-order valence-corrected chi connectivity index (χ4v) is 3.31. The van der Waals surface area contributed by atoms with Crippen LogP contribution in [0.5, 0.6) is 28.7 Å². The molecule has 2 aromatic carbocycles. The molecular weight excluding hydrogens is 510 g/mol. The standard InChI is InChI=1S/C16H12O13S2.2Na/c1-26-11-3-2-7(4-9(11)17)15-16(29-31(23,24)25)14(19)13-10(18)5-8(6-12(13)27-15)28-30(20,21)22;;/h2-6,17-18H,1H3,(H,20,21,22)(H,23,24,25);;/q;2*+1/p-2. The molecule has 0 saturated carbocycles. The van der Waals surface area contributed by atoms with Gasteiger partial charge in [0.25, 0.3) is 20.8 Å². The minimum absolute atomic E-state index is 0. The van der Waals surface area contributed by atoms with E-state index < -0.39 is 66.0 Å². The van der Waals surface area contributed by atoms with E-state index in [2.05, 4.69) is 8.37 Å². The van der Waals surface area contributed by atoms with Crippen LogP contribution in [0, 0.1) is 0 Å².